The first-order valence-corrected chi connectivity index (χ1v) is 11.1. The van der Waals surface area contributed by atoms with Crippen LogP contribution in [0.1, 0.15) is 31.8 Å². The van der Waals surface area contributed by atoms with Crippen molar-refractivity contribution in [3.05, 3.63) is 99.1 Å². The first-order chi connectivity index (χ1) is 16.3. The van der Waals surface area contributed by atoms with Gasteiger partial charge in [-0.05, 0) is 56.3 Å². The molecule has 3 aromatic rings. The van der Waals surface area contributed by atoms with Crippen LogP contribution in [0.5, 0.6) is 0 Å². The number of hydrogen-bond acceptors (Lipinski definition) is 5. The average molecular weight is 459 g/mol. The maximum atomic E-state index is 12.7. The molecule has 0 unspecified atom stereocenters. The summed E-state index contributed by atoms with van der Waals surface area (Å²) in [6.45, 7) is 6.28. The largest absolute Gasteiger partial charge is 0.368 e. The number of nitrogens with zero attached hydrogens (tertiary/aromatic N) is 3. The van der Waals surface area contributed by atoms with E-state index in [-0.39, 0.29) is 17.2 Å². The molecule has 34 heavy (non-hydrogen) atoms. The molecule has 1 N–H and O–H groups in total. The molecule has 0 bridgehead atoms. The van der Waals surface area contributed by atoms with Crippen LogP contribution < -0.4 is 10.2 Å². The van der Waals surface area contributed by atoms with Crippen molar-refractivity contribution in [2.75, 3.05) is 36.4 Å². The fourth-order valence-corrected chi connectivity index (χ4v) is 4.07. The summed E-state index contributed by atoms with van der Waals surface area (Å²) in [4.78, 5) is 40.1. The molecule has 1 saturated heterocycles. The molecule has 1 aliphatic heterocycles. The minimum atomic E-state index is -0.491. The summed E-state index contributed by atoms with van der Waals surface area (Å²) in [6.07, 6.45) is 0. The molecule has 0 spiro atoms. The minimum Gasteiger partial charge on any atom is -0.368 e. The third-order valence-corrected chi connectivity index (χ3v) is 6.10. The number of anilines is 2. The van der Waals surface area contributed by atoms with E-state index in [1.165, 1.54) is 12.1 Å². The van der Waals surface area contributed by atoms with E-state index in [1.807, 2.05) is 60.4 Å². The summed E-state index contributed by atoms with van der Waals surface area (Å²) in [5, 5.41) is 13.9. The molecule has 2 amide bonds. The van der Waals surface area contributed by atoms with Crippen LogP contribution in [-0.2, 0) is 0 Å². The molecule has 0 aromatic heterocycles. The van der Waals surface area contributed by atoms with Crippen LogP contribution in [0.15, 0.2) is 66.7 Å². The Morgan fingerprint density at radius 2 is 1.53 bits per heavy atom. The van der Waals surface area contributed by atoms with E-state index in [9.17, 15) is 19.7 Å². The van der Waals surface area contributed by atoms with E-state index >= 15 is 0 Å². The molecule has 4 rings (SSSR count). The Balaban J connectivity index is 1.36. The van der Waals surface area contributed by atoms with Crippen LogP contribution in [0, 0.1) is 24.0 Å². The summed E-state index contributed by atoms with van der Waals surface area (Å²) < 4.78 is 0. The van der Waals surface area contributed by atoms with Gasteiger partial charge in [0.05, 0.1) is 4.92 Å². The normalized spacial score (nSPS) is 13.5. The standard InChI is InChI=1S/C26H26N4O4/c1-18-6-8-20(9-7-18)26(32)29-16-14-28(15-17-29)22-12-10-21(11-13-22)27-25(31)23-4-3-5-24(19(23)2)30(33)34/h3-13H,14-17H2,1-2H3,(H,27,31). The van der Waals surface area contributed by atoms with E-state index in [0.29, 0.717) is 29.9 Å². The van der Waals surface area contributed by atoms with Crippen molar-refractivity contribution in [1.82, 2.24) is 4.90 Å². The molecule has 0 aliphatic carbocycles. The number of nitro groups is 1. The first kappa shape index (κ1) is 23.0. The van der Waals surface area contributed by atoms with Gasteiger partial charge in [-0.3, -0.25) is 19.7 Å². The van der Waals surface area contributed by atoms with Crippen LogP contribution in [0.25, 0.3) is 0 Å². The van der Waals surface area contributed by atoms with Crippen molar-refractivity contribution in [3.8, 4) is 0 Å². The number of nitro benzene ring substituents is 1. The SMILES string of the molecule is Cc1ccc(C(=O)N2CCN(c3ccc(NC(=O)c4cccc([N+](=O)[O-])c4C)cc3)CC2)cc1. The Morgan fingerprint density at radius 3 is 2.15 bits per heavy atom. The second-order valence-electron chi connectivity index (χ2n) is 8.35. The predicted molar refractivity (Wildman–Crippen MR) is 132 cm³/mol. The lowest BCUT2D eigenvalue weighted by molar-refractivity contribution is -0.385. The first-order valence-electron chi connectivity index (χ1n) is 11.1. The zero-order valence-electron chi connectivity index (χ0n) is 19.2. The van der Waals surface area contributed by atoms with Gasteiger partial charge in [-0.1, -0.05) is 23.8 Å². The van der Waals surface area contributed by atoms with E-state index in [0.717, 1.165) is 24.3 Å². The highest BCUT2D eigenvalue weighted by atomic mass is 16.6. The molecule has 1 fully saturated rings. The number of carbonyl (C=O) groups excluding carboxylic acids is 2. The molecule has 0 atom stereocenters. The zero-order chi connectivity index (χ0) is 24.2. The topological polar surface area (TPSA) is 95.8 Å². The van der Waals surface area contributed by atoms with Gasteiger partial charge in [0, 0.05) is 60.3 Å². The number of hydrogen-bond donors (Lipinski definition) is 1. The number of nitrogens with one attached hydrogen (secondary N) is 1. The van der Waals surface area contributed by atoms with Gasteiger partial charge in [0.1, 0.15) is 0 Å². The molecule has 1 heterocycles. The highest BCUT2D eigenvalue weighted by molar-refractivity contribution is 6.06. The smallest absolute Gasteiger partial charge is 0.273 e. The van der Waals surface area contributed by atoms with Crippen LogP contribution >= 0.6 is 0 Å². The van der Waals surface area contributed by atoms with Gasteiger partial charge >= 0.3 is 0 Å². The molecular formula is C26H26N4O4. The predicted octanol–water partition coefficient (Wildman–Crippen LogP) is 4.43. The van der Waals surface area contributed by atoms with Gasteiger partial charge in [-0.15, -0.1) is 0 Å². The van der Waals surface area contributed by atoms with Crippen LogP contribution in [0.4, 0.5) is 17.1 Å². The third kappa shape index (κ3) is 4.91. The molecule has 1 aliphatic rings. The van der Waals surface area contributed by atoms with Gasteiger partial charge in [-0.25, -0.2) is 0 Å². The number of carbonyl (C=O) groups is 2. The Hall–Kier alpha value is -4.20. The van der Waals surface area contributed by atoms with Crippen LogP contribution in [0.2, 0.25) is 0 Å². The highest BCUT2D eigenvalue weighted by Gasteiger charge is 2.22. The molecule has 8 heteroatoms. The zero-order valence-corrected chi connectivity index (χ0v) is 19.2. The van der Waals surface area contributed by atoms with Crippen LogP contribution in [-0.4, -0.2) is 47.8 Å². The Bertz CT molecular complexity index is 1210. The van der Waals surface area contributed by atoms with Gasteiger partial charge in [0.2, 0.25) is 0 Å². The molecule has 8 nitrogen and oxygen atoms in total. The Labute approximate surface area is 198 Å². The van der Waals surface area contributed by atoms with Gasteiger partial charge in [-0.2, -0.15) is 0 Å². The van der Waals surface area contributed by atoms with Crippen molar-refractivity contribution < 1.29 is 14.5 Å². The molecule has 174 valence electrons. The number of aryl methyl sites for hydroxylation is 1. The molecule has 0 radical (unpaired) electrons. The van der Waals surface area contributed by atoms with Gasteiger partial charge in [0.25, 0.3) is 17.5 Å². The number of piperazine rings is 1. The lowest BCUT2D eigenvalue weighted by atomic mass is 10.1. The third-order valence-electron chi connectivity index (χ3n) is 6.10. The second kappa shape index (κ2) is 9.74. The lowest BCUT2D eigenvalue weighted by Gasteiger charge is -2.36. The van der Waals surface area contributed by atoms with E-state index in [4.69, 9.17) is 0 Å². The fraction of sp³-hybridized carbons (Fsp3) is 0.231. The quantitative estimate of drug-likeness (QED) is 0.451. The lowest BCUT2D eigenvalue weighted by Crippen LogP contribution is -2.48. The van der Waals surface area contributed by atoms with E-state index < -0.39 is 10.8 Å². The van der Waals surface area contributed by atoms with Crippen molar-refractivity contribution in [3.63, 3.8) is 0 Å². The van der Waals surface area contributed by atoms with Crippen molar-refractivity contribution in [1.29, 1.82) is 0 Å². The molecule has 0 saturated carbocycles. The number of rotatable bonds is 5. The van der Waals surface area contributed by atoms with E-state index in [1.54, 1.807) is 13.0 Å². The second-order valence-corrected chi connectivity index (χ2v) is 8.35. The monoisotopic (exact) mass is 458 g/mol. The maximum Gasteiger partial charge on any atom is 0.273 e. The van der Waals surface area contributed by atoms with Gasteiger partial charge < -0.3 is 15.1 Å². The summed E-state index contributed by atoms with van der Waals surface area (Å²) >= 11 is 0. The summed E-state index contributed by atoms with van der Waals surface area (Å²) in [5.74, 6) is -0.341. The fourth-order valence-electron chi connectivity index (χ4n) is 4.07. The van der Waals surface area contributed by atoms with Crippen LogP contribution in [0.3, 0.4) is 0 Å². The summed E-state index contributed by atoms with van der Waals surface area (Å²) in [7, 11) is 0. The van der Waals surface area contributed by atoms with Crippen molar-refractivity contribution >= 4 is 28.9 Å². The summed E-state index contributed by atoms with van der Waals surface area (Å²) in [6, 6.07) is 19.6. The minimum absolute atomic E-state index is 0.0501. The number of amides is 2. The average Bonchev–Trinajstić information content (AvgIpc) is 2.84. The Kier molecular flexibility index (Phi) is 6.58. The summed E-state index contributed by atoms with van der Waals surface area (Å²) in [5.41, 5.74) is 3.97. The molecular weight excluding hydrogens is 432 g/mol. The van der Waals surface area contributed by atoms with Crippen molar-refractivity contribution in [2.24, 2.45) is 0 Å². The van der Waals surface area contributed by atoms with Gasteiger partial charge in [0.15, 0.2) is 0 Å². The van der Waals surface area contributed by atoms with E-state index in [2.05, 4.69) is 10.2 Å². The highest BCUT2D eigenvalue weighted by Crippen LogP contribution is 2.24. The number of benzene rings is 3. The van der Waals surface area contributed by atoms with Crippen molar-refractivity contribution in [2.45, 2.75) is 13.8 Å². The maximum absolute atomic E-state index is 12.7. The molecule has 3 aromatic carbocycles. The Morgan fingerprint density at radius 1 is 0.882 bits per heavy atom.